The average Bonchev–Trinajstić information content (AvgIpc) is 2.72. The molecule has 28 heavy (non-hydrogen) atoms. The lowest BCUT2D eigenvalue weighted by atomic mass is 9.99. The summed E-state index contributed by atoms with van der Waals surface area (Å²) >= 11 is 0. The zero-order chi connectivity index (χ0) is 19.8. The minimum atomic E-state index is -3.68. The number of aryl methyl sites for hydroxylation is 1. The van der Waals surface area contributed by atoms with E-state index in [4.69, 9.17) is 0 Å². The van der Waals surface area contributed by atoms with Crippen LogP contribution in [0.1, 0.15) is 56.9 Å². The summed E-state index contributed by atoms with van der Waals surface area (Å²) in [4.78, 5) is 0.237. The Morgan fingerprint density at radius 3 is 1.86 bits per heavy atom. The van der Waals surface area contributed by atoms with Gasteiger partial charge in [0.05, 0.1) is 4.90 Å². The number of benzene rings is 1. The van der Waals surface area contributed by atoms with E-state index in [-0.39, 0.29) is 4.90 Å². The van der Waals surface area contributed by atoms with E-state index in [1.807, 2.05) is 6.92 Å². The van der Waals surface area contributed by atoms with Gasteiger partial charge in [-0.25, -0.2) is 8.42 Å². The zero-order valence-electron chi connectivity index (χ0n) is 16.4. The summed E-state index contributed by atoms with van der Waals surface area (Å²) in [6, 6.07) is 6.09. The van der Waals surface area contributed by atoms with Crippen molar-refractivity contribution < 1.29 is 8.42 Å². The Hall–Kier alpha value is -2.27. The third-order valence-corrected chi connectivity index (χ3v) is 6.38. The Morgan fingerprint density at radius 1 is 0.857 bits per heavy atom. The summed E-state index contributed by atoms with van der Waals surface area (Å²) in [5.74, 6) is 12.4. The smallest absolute Gasteiger partial charge is 0.207 e. The molecule has 146 valence electrons. The predicted octanol–water partition coefficient (Wildman–Crippen LogP) is 4.65. The van der Waals surface area contributed by atoms with Gasteiger partial charge < -0.3 is 0 Å². The minimum absolute atomic E-state index is 0.237. The fourth-order valence-corrected chi connectivity index (χ4v) is 4.33. The first kappa shape index (κ1) is 20.5. The number of hydrogen-bond donors (Lipinski definition) is 1. The average molecular weight is 394 g/mol. The van der Waals surface area contributed by atoms with Crippen molar-refractivity contribution >= 4 is 10.0 Å². The Kier molecular flexibility index (Phi) is 7.15. The van der Waals surface area contributed by atoms with Gasteiger partial charge in [-0.2, -0.15) is 4.72 Å². The van der Waals surface area contributed by atoms with Crippen LogP contribution in [-0.4, -0.2) is 14.5 Å². The topological polar surface area (TPSA) is 46.2 Å². The Balaban J connectivity index is 1.83. The summed E-state index contributed by atoms with van der Waals surface area (Å²) in [6.07, 6.45) is 13.0. The van der Waals surface area contributed by atoms with Crippen molar-refractivity contribution in [3.05, 3.63) is 53.1 Å². The molecule has 0 amide bonds. The van der Waals surface area contributed by atoms with E-state index >= 15 is 0 Å². The molecule has 0 aromatic heterocycles. The summed E-state index contributed by atoms with van der Waals surface area (Å²) in [5.41, 5.74) is 3.19. The van der Waals surface area contributed by atoms with Crippen LogP contribution >= 0.6 is 0 Å². The van der Waals surface area contributed by atoms with Crippen LogP contribution in [0.3, 0.4) is 0 Å². The number of allylic oxidation sites excluding steroid dienone is 4. The lowest BCUT2D eigenvalue weighted by Crippen LogP contribution is -2.33. The van der Waals surface area contributed by atoms with Crippen molar-refractivity contribution in [2.75, 3.05) is 0 Å². The third kappa shape index (κ3) is 6.13. The van der Waals surface area contributed by atoms with E-state index in [0.29, 0.717) is 0 Å². The van der Waals surface area contributed by atoms with Gasteiger partial charge in [0.15, 0.2) is 0 Å². The fraction of sp³-hybridized carbons (Fsp3) is 0.417. The molecular weight excluding hydrogens is 366 g/mol. The van der Waals surface area contributed by atoms with Gasteiger partial charge in [-0.1, -0.05) is 53.5 Å². The second-order valence-corrected chi connectivity index (χ2v) is 9.07. The van der Waals surface area contributed by atoms with E-state index in [9.17, 15) is 8.42 Å². The lowest BCUT2D eigenvalue weighted by Gasteiger charge is -2.11. The highest BCUT2D eigenvalue weighted by Crippen LogP contribution is 2.17. The van der Waals surface area contributed by atoms with E-state index in [1.165, 1.54) is 12.8 Å². The molecule has 0 heterocycles. The first-order chi connectivity index (χ1) is 13.5. The van der Waals surface area contributed by atoms with Gasteiger partial charge in [0.25, 0.3) is 0 Å². The number of sulfonamides is 1. The van der Waals surface area contributed by atoms with Gasteiger partial charge in [0.1, 0.15) is 6.04 Å². The predicted molar refractivity (Wildman–Crippen MR) is 114 cm³/mol. The zero-order valence-corrected chi connectivity index (χ0v) is 17.2. The standard InChI is InChI=1S/C24H27NO2S/c1-20-12-18-24(19-13-20)28(26,27)25-23(16-14-21-8-4-2-5-9-21)17-15-22-10-6-3-7-11-22/h8,10,12-13,18-19,23,25H,2-7,9,11H2,1H3. The van der Waals surface area contributed by atoms with E-state index in [1.54, 1.807) is 24.3 Å². The first-order valence-electron chi connectivity index (χ1n) is 10.0. The van der Waals surface area contributed by atoms with Crippen molar-refractivity contribution in [3.8, 4) is 23.7 Å². The third-order valence-electron chi connectivity index (χ3n) is 4.94. The monoisotopic (exact) mass is 393 g/mol. The highest BCUT2D eigenvalue weighted by Gasteiger charge is 2.17. The van der Waals surface area contributed by atoms with Crippen LogP contribution < -0.4 is 4.72 Å². The van der Waals surface area contributed by atoms with Crippen LogP contribution in [0.2, 0.25) is 0 Å². The second kappa shape index (κ2) is 9.78. The normalized spacial score (nSPS) is 16.9. The molecule has 1 aromatic rings. The van der Waals surface area contributed by atoms with Crippen LogP contribution in [0, 0.1) is 30.6 Å². The quantitative estimate of drug-likeness (QED) is 0.760. The highest BCUT2D eigenvalue weighted by atomic mass is 32.2. The van der Waals surface area contributed by atoms with E-state index < -0.39 is 16.1 Å². The van der Waals surface area contributed by atoms with E-state index in [2.05, 4.69) is 40.6 Å². The molecule has 0 bridgehead atoms. The highest BCUT2D eigenvalue weighted by molar-refractivity contribution is 7.89. The van der Waals surface area contributed by atoms with Gasteiger partial charge in [0.2, 0.25) is 10.0 Å². The number of hydrogen-bond acceptors (Lipinski definition) is 2. The van der Waals surface area contributed by atoms with Crippen LogP contribution in [0.25, 0.3) is 0 Å². The van der Waals surface area contributed by atoms with Crippen molar-refractivity contribution in [1.29, 1.82) is 0 Å². The van der Waals surface area contributed by atoms with Crippen molar-refractivity contribution in [3.63, 3.8) is 0 Å². The maximum absolute atomic E-state index is 12.8. The maximum Gasteiger partial charge on any atom is 0.242 e. The molecule has 0 spiro atoms. The number of rotatable bonds is 3. The molecule has 0 aliphatic heterocycles. The molecule has 4 heteroatoms. The number of nitrogens with one attached hydrogen (secondary N) is 1. The molecule has 3 nitrogen and oxygen atoms in total. The maximum atomic E-state index is 12.8. The van der Waals surface area contributed by atoms with Gasteiger partial charge in [-0.3, -0.25) is 0 Å². The molecule has 1 N–H and O–H groups in total. The summed E-state index contributed by atoms with van der Waals surface area (Å²) < 4.78 is 28.2. The fourth-order valence-electron chi connectivity index (χ4n) is 3.27. The van der Waals surface area contributed by atoms with Crippen LogP contribution in [0.4, 0.5) is 0 Å². The summed E-state index contributed by atoms with van der Waals surface area (Å²) in [5, 5.41) is 0. The summed E-state index contributed by atoms with van der Waals surface area (Å²) in [6.45, 7) is 1.93. The van der Waals surface area contributed by atoms with Crippen molar-refractivity contribution in [1.82, 2.24) is 4.72 Å². The minimum Gasteiger partial charge on any atom is -0.207 e. The molecule has 2 aliphatic carbocycles. The van der Waals surface area contributed by atoms with Crippen LogP contribution in [-0.2, 0) is 10.0 Å². The first-order valence-corrected chi connectivity index (χ1v) is 11.5. The van der Waals surface area contributed by atoms with E-state index in [0.717, 1.165) is 55.2 Å². The molecule has 0 unspecified atom stereocenters. The molecule has 0 saturated carbocycles. The summed E-state index contributed by atoms with van der Waals surface area (Å²) in [7, 11) is -3.68. The van der Waals surface area contributed by atoms with Gasteiger partial charge in [-0.15, -0.1) is 0 Å². The SMILES string of the molecule is Cc1ccc(S(=O)(=O)NC(C#CC2=CCCCC2)C#CC2=CCCCC2)cc1. The Morgan fingerprint density at radius 2 is 1.39 bits per heavy atom. The van der Waals surface area contributed by atoms with Crippen molar-refractivity contribution in [2.24, 2.45) is 0 Å². The molecule has 3 rings (SSSR count). The molecule has 0 atom stereocenters. The Bertz CT molecular complexity index is 933. The van der Waals surface area contributed by atoms with Crippen molar-refractivity contribution in [2.45, 2.75) is 69.2 Å². The van der Waals surface area contributed by atoms with Crippen LogP contribution in [0.5, 0.6) is 0 Å². The molecule has 0 radical (unpaired) electrons. The molecule has 0 saturated heterocycles. The molecule has 2 aliphatic rings. The Labute approximate surface area is 169 Å². The van der Waals surface area contributed by atoms with Gasteiger partial charge in [0, 0.05) is 0 Å². The molecule has 0 fully saturated rings. The van der Waals surface area contributed by atoms with Crippen LogP contribution in [0.15, 0.2) is 52.5 Å². The van der Waals surface area contributed by atoms with Gasteiger partial charge in [-0.05, 0) is 81.6 Å². The van der Waals surface area contributed by atoms with Gasteiger partial charge >= 0.3 is 0 Å². The lowest BCUT2D eigenvalue weighted by molar-refractivity contribution is 0.582. The largest absolute Gasteiger partial charge is 0.242 e. The molecule has 1 aromatic carbocycles. The molecular formula is C24H27NO2S. The second-order valence-electron chi connectivity index (χ2n) is 7.36.